The van der Waals surface area contributed by atoms with Crippen LogP contribution in [0.4, 0.5) is 5.69 Å². The van der Waals surface area contributed by atoms with E-state index in [1.165, 1.54) is 81.4 Å². The molecule has 2 aliphatic heterocycles. The second kappa shape index (κ2) is 8.64. The third kappa shape index (κ3) is 4.62. The smallest absolute Gasteiger partial charge is 0.270 e. The summed E-state index contributed by atoms with van der Waals surface area (Å²) in [7, 11) is 0. The third-order valence-electron chi connectivity index (χ3n) is 5.21. The van der Waals surface area contributed by atoms with Gasteiger partial charge in [-0.3, -0.25) is 15.5 Å². The Morgan fingerprint density at radius 1 is 1.38 bits per heavy atom. The van der Waals surface area contributed by atoms with Crippen molar-refractivity contribution in [3.63, 3.8) is 0 Å². The maximum absolute atomic E-state index is 10.8. The number of hydrogen-bond acceptors (Lipinski definition) is 6. The molecule has 2 N–H and O–H groups in total. The van der Waals surface area contributed by atoms with Crippen LogP contribution >= 0.6 is 11.8 Å². The molecule has 0 unspecified atom stereocenters. The molecule has 0 aliphatic carbocycles. The molecule has 0 saturated carbocycles. The first-order valence-corrected chi connectivity index (χ1v) is 10.00. The van der Waals surface area contributed by atoms with E-state index in [1.807, 2.05) is 0 Å². The summed E-state index contributed by atoms with van der Waals surface area (Å²) in [5, 5.41) is 28.8. The van der Waals surface area contributed by atoms with Crippen LogP contribution in [0.5, 0.6) is 5.75 Å². The number of aromatic hydroxyl groups is 1. The minimum Gasteiger partial charge on any atom is -0.507 e. The standard InChI is InChI=1S/C18H24N4O3S/c19-18(20-11-14-10-15(22(24)25)6-7-17(14)23)26-12-13-4-3-9-21-8-2-1-5-16(13)21/h6-7,10-11,13,16,19,23H,1-5,8-9,12H2/b19-18?,20-11+/t13-,16-/m0/s1. The number of nitro groups is 1. The molecule has 0 radical (unpaired) electrons. The summed E-state index contributed by atoms with van der Waals surface area (Å²) >= 11 is 1.42. The van der Waals surface area contributed by atoms with Crippen molar-refractivity contribution in [2.24, 2.45) is 10.9 Å². The summed E-state index contributed by atoms with van der Waals surface area (Å²) in [4.78, 5) is 17.0. The Hall–Kier alpha value is -1.93. The molecule has 7 nitrogen and oxygen atoms in total. The van der Waals surface area contributed by atoms with Crippen LogP contribution in [-0.4, -0.2) is 51.2 Å². The van der Waals surface area contributed by atoms with Gasteiger partial charge in [-0.1, -0.05) is 18.2 Å². The highest BCUT2D eigenvalue weighted by Crippen LogP contribution is 2.33. The minimum atomic E-state index is -0.518. The normalized spacial score (nSPS) is 23.7. The number of nitrogens with one attached hydrogen (secondary N) is 1. The molecule has 1 aromatic carbocycles. The van der Waals surface area contributed by atoms with Gasteiger partial charge in [0.1, 0.15) is 5.75 Å². The van der Waals surface area contributed by atoms with Crippen LogP contribution in [-0.2, 0) is 0 Å². The van der Waals surface area contributed by atoms with E-state index in [0.717, 1.165) is 5.75 Å². The van der Waals surface area contributed by atoms with Gasteiger partial charge in [-0.2, -0.15) is 0 Å². The topological polar surface area (TPSA) is 103 Å². The summed E-state index contributed by atoms with van der Waals surface area (Å²) in [6, 6.07) is 4.42. The Kier molecular flexibility index (Phi) is 6.26. The Bertz CT molecular complexity index is 708. The minimum absolute atomic E-state index is 0.0812. The van der Waals surface area contributed by atoms with E-state index in [1.54, 1.807) is 0 Å². The number of piperidine rings is 2. The average Bonchev–Trinajstić information content (AvgIpc) is 2.65. The van der Waals surface area contributed by atoms with Gasteiger partial charge in [-0.05, 0) is 50.8 Å². The highest BCUT2D eigenvalue weighted by molar-refractivity contribution is 8.13. The fourth-order valence-electron chi connectivity index (χ4n) is 3.88. The van der Waals surface area contributed by atoms with Crippen molar-refractivity contribution in [1.29, 1.82) is 5.41 Å². The second-order valence-corrected chi connectivity index (χ2v) is 7.88. The van der Waals surface area contributed by atoms with E-state index in [4.69, 9.17) is 5.41 Å². The van der Waals surface area contributed by atoms with E-state index in [0.29, 0.717) is 12.0 Å². The van der Waals surface area contributed by atoms with Gasteiger partial charge >= 0.3 is 0 Å². The van der Waals surface area contributed by atoms with Crippen LogP contribution in [0.15, 0.2) is 23.2 Å². The van der Waals surface area contributed by atoms with Crippen molar-refractivity contribution in [3.05, 3.63) is 33.9 Å². The van der Waals surface area contributed by atoms with Gasteiger partial charge < -0.3 is 10.0 Å². The molecule has 0 bridgehead atoms. The maximum Gasteiger partial charge on any atom is 0.270 e. The number of aliphatic imine (C=N–C) groups is 1. The first kappa shape index (κ1) is 18.8. The molecular weight excluding hydrogens is 352 g/mol. The Labute approximate surface area is 157 Å². The fourth-order valence-corrected chi connectivity index (χ4v) is 4.77. The molecule has 140 valence electrons. The zero-order chi connectivity index (χ0) is 18.5. The first-order chi connectivity index (χ1) is 12.5. The van der Waals surface area contributed by atoms with Crippen molar-refractivity contribution in [1.82, 2.24) is 4.90 Å². The predicted octanol–water partition coefficient (Wildman–Crippen LogP) is 3.65. The molecule has 2 aliphatic rings. The third-order valence-corrected chi connectivity index (χ3v) is 6.18. The molecule has 2 saturated heterocycles. The van der Waals surface area contributed by atoms with Crippen LogP contribution in [0.2, 0.25) is 0 Å². The second-order valence-electron chi connectivity index (χ2n) is 6.88. The van der Waals surface area contributed by atoms with Crippen molar-refractivity contribution in [2.75, 3.05) is 18.8 Å². The van der Waals surface area contributed by atoms with Gasteiger partial charge in [-0.15, -0.1) is 0 Å². The molecule has 3 rings (SSSR count). The van der Waals surface area contributed by atoms with Crippen LogP contribution in [0.25, 0.3) is 0 Å². The van der Waals surface area contributed by atoms with E-state index in [-0.39, 0.29) is 22.2 Å². The van der Waals surface area contributed by atoms with E-state index in [2.05, 4.69) is 9.89 Å². The molecule has 0 amide bonds. The summed E-state index contributed by atoms with van der Waals surface area (Å²) in [6.07, 6.45) is 7.60. The SMILES string of the molecule is N=C(/N=C/c1cc([N+](=O)[O-])ccc1O)SC[C@@H]1CCCN2CCCC[C@@H]12. The van der Waals surface area contributed by atoms with Gasteiger partial charge in [0.15, 0.2) is 5.17 Å². The molecule has 2 fully saturated rings. The van der Waals surface area contributed by atoms with Gasteiger partial charge in [-0.25, -0.2) is 4.99 Å². The molecule has 2 atom stereocenters. The Balaban J connectivity index is 1.56. The lowest BCUT2D eigenvalue weighted by Crippen LogP contribution is -2.48. The number of benzene rings is 1. The summed E-state index contributed by atoms with van der Waals surface area (Å²) in [6.45, 7) is 2.40. The number of fused-ring (bicyclic) bond motifs is 1. The number of phenolic OH excluding ortho intramolecular Hbond substituents is 1. The van der Waals surface area contributed by atoms with Gasteiger partial charge in [0.2, 0.25) is 0 Å². The van der Waals surface area contributed by atoms with Crippen LogP contribution < -0.4 is 0 Å². The lowest BCUT2D eigenvalue weighted by Gasteiger charge is -2.44. The highest BCUT2D eigenvalue weighted by Gasteiger charge is 2.32. The van der Waals surface area contributed by atoms with E-state index in [9.17, 15) is 15.2 Å². The number of amidine groups is 1. The molecule has 8 heteroatoms. The lowest BCUT2D eigenvalue weighted by atomic mass is 9.85. The van der Waals surface area contributed by atoms with Gasteiger partial charge in [0.05, 0.1) is 4.92 Å². The summed E-state index contributed by atoms with van der Waals surface area (Å²) < 4.78 is 0. The Morgan fingerprint density at radius 3 is 3.00 bits per heavy atom. The van der Waals surface area contributed by atoms with Crippen molar-refractivity contribution in [3.8, 4) is 5.75 Å². The van der Waals surface area contributed by atoms with E-state index < -0.39 is 4.92 Å². The predicted molar refractivity (Wildman–Crippen MR) is 104 cm³/mol. The average molecular weight is 376 g/mol. The van der Waals surface area contributed by atoms with Crippen LogP contribution in [0.1, 0.15) is 37.7 Å². The number of phenols is 1. The number of thioether (sulfide) groups is 1. The molecule has 1 aromatic rings. The van der Waals surface area contributed by atoms with Crippen LogP contribution in [0.3, 0.4) is 0 Å². The van der Waals surface area contributed by atoms with Crippen molar-refractivity contribution in [2.45, 2.75) is 38.1 Å². The molecule has 0 aromatic heterocycles. The maximum atomic E-state index is 10.8. The molecule has 26 heavy (non-hydrogen) atoms. The fraction of sp³-hybridized carbons (Fsp3) is 0.556. The van der Waals surface area contributed by atoms with Gasteiger partial charge in [0, 0.05) is 35.7 Å². The van der Waals surface area contributed by atoms with Crippen LogP contribution in [0, 0.1) is 21.4 Å². The monoisotopic (exact) mass is 376 g/mol. The lowest BCUT2D eigenvalue weighted by molar-refractivity contribution is -0.384. The Morgan fingerprint density at radius 2 is 2.19 bits per heavy atom. The number of hydrogen-bond donors (Lipinski definition) is 2. The summed E-state index contributed by atoms with van der Waals surface area (Å²) in [5.41, 5.74) is 0.142. The van der Waals surface area contributed by atoms with Crippen molar-refractivity contribution >= 4 is 28.8 Å². The van der Waals surface area contributed by atoms with Crippen molar-refractivity contribution < 1.29 is 10.0 Å². The van der Waals surface area contributed by atoms with Gasteiger partial charge in [0.25, 0.3) is 5.69 Å². The highest BCUT2D eigenvalue weighted by atomic mass is 32.2. The first-order valence-electron chi connectivity index (χ1n) is 9.01. The molecule has 0 spiro atoms. The number of rotatable bonds is 4. The number of non-ortho nitro benzene ring substituents is 1. The summed E-state index contributed by atoms with van der Waals surface area (Å²) in [5.74, 6) is 1.39. The largest absolute Gasteiger partial charge is 0.507 e. The quantitative estimate of drug-likeness (QED) is 0.361. The molecular formula is C18H24N4O3S. The number of nitro benzene ring substituents is 1. The molecule has 2 heterocycles. The number of nitrogens with zero attached hydrogens (tertiary/aromatic N) is 3. The zero-order valence-corrected chi connectivity index (χ0v) is 15.5. The van der Waals surface area contributed by atoms with E-state index >= 15 is 0 Å². The zero-order valence-electron chi connectivity index (χ0n) is 14.6.